The highest BCUT2D eigenvalue weighted by Crippen LogP contribution is 2.33. The fourth-order valence-corrected chi connectivity index (χ4v) is 4.96. The first-order chi connectivity index (χ1) is 18.2. The molecule has 0 amide bonds. The lowest BCUT2D eigenvalue weighted by Gasteiger charge is -2.11. The number of halogens is 1. The number of hydrogen-bond acceptors (Lipinski definition) is 6. The van der Waals surface area contributed by atoms with Gasteiger partial charge in [0.15, 0.2) is 18.1 Å². The van der Waals surface area contributed by atoms with Crippen LogP contribution in [0.25, 0.3) is 0 Å². The Bertz CT molecular complexity index is 1550. The smallest absolute Gasteiger partial charge is 0.342 e. The van der Waals surface area contributed by atoms with Crippen molar-refractivity contribution in [2.75, 3.05) is 13.4 Å². The molecule has 0 fully saturated rings. The summed E-state index contributed by atoms with van der Waals surface area (Å²) < 4.78 is 20.1. The molecule has 8 nitrogen and oxygen atoms in total. The first-order valence-electron chi connectivity index (χ1n) is 12.3. The van der Waals surface area contributed by atoms with Crippen LogP contribution in [0.2, 0.25) is 5.02 Å². The number of Topliss-reactive ketones (excluding diaryl/α,β-unsaturated/α-hetero) is 1. The van der Waals surface area contributed by atoms with Gasteiger partial charge >= 0.3 is 5.97 Å². The summed E-state index contributed by atoms with van der Waals surface area (Å²) in [5, 5.41) is 5.13. The Balaban J connectivity index is 1.27. The Labute approximate surface area is 225 Å². The van der Waals surface area contributed by atoms with Gasteiger partial charge in [-0.1, -0.05) is 35.9 Å². The second kappa shape index (κ2) is 10.4. The second-order valence-corrected chi connectivity index (χ2v) is 9.76. The van der Waals surface area contributed by atoms with Crippen LogP contribution in [-0.2, 0) is 17.8 Å². The first kappa shape index (κ1) is 25.6. The minimum absolute atomic E-state index is 0.221. The number of benzene rings is 2. The van der Waals surface area contributed by atoms with Crippen LogP contribution in [0.15, 0.2) is 48.5 Å². The molecule has 196 valence electrons. The number of ether oxygens (including phenoxy) is 3. The van der Waals surface area contributed by atoms with E-state index in [1.807, 2.05) is 62.4 Å². The van der Waals surface area contributed by atoms with Crippen LogP contribution < -0.4 is 9.47 Å². The second-order valence-electron chi connectivity index (χ2n) is 9.35. The Kier molecular flexibility index (Phi) is 6.99. The highest BCUT2D eigenvalue weighted by Gasteiger charge is 2.23. The van der Waals surface area contributed by atoms with Crippen LogP contribution in [0.3, 0.4) is 0 Å². The number of rotatable bonds is 8. The Morgan fingerprint density at radius 1 is 0.974 bits per heavy atom. The van der Waals surface area contributed by atoms with E-state index in [4.69, 9.17) is 25.8 Å². The normalized spacial score (nSPS) is 12.1. The maximum Gasteiger partial charge on any atom is 0.342 e. The average Bonchev–Trinajstić information content (AvgIpc) is 3.55. The van der Waals surface area contributed by atoms with E-state index in [1.165, 1.54) is 0 Å². The molecule has 1 aliphatic rings. The molecule has 0 radical (unpaired) electrons. The number of aryl methyl sites for hydroxylation is 2. The molecule has 0 aliphatic carbocycles. The lowest BCUT2D eigenvalue weighted by atomic mass is 10.1. The third-order valence-corrected chi connectivity index (χ3v) is 7.22. The van der Waals surface area contributed by atoms with Crippen LogP contribution in [0.4, 0.5) is 0 Å². The third kappa shape index (κ3) is 4.91. The summed E-state index contributed by atoms with van der Waals surface area (Å²) in [5.74, 6) is 0.608. The lowest BCUT2D eigenvalue weighted by Crippen LogP contribution is -2.16. The van der Waals surface area contributed by atoms with Crippen molar-refractivity contribution < 1.29 is 23.8 Å². The summed E-state index contributed by atoms with van der Waals surface area (Å²) in [6, 6.07) is 15.1. The van der Waals surface area contributed by atoms with Gasteiger partial charge in [0.05, 0.1) is 17.9 Å². The molecule has 1 aliphatic heterocycles. The molecular formula is C29H28ClN3O5. The van der Waals surface area contributed by atoms with Crippen molar-refractivity contribution in [3.8, 4) is 11.5 Å². The zero-order chi connectivity index (χ0) is 27.0. The van der Waals surface area contributed by atoms with Gasteiger partial charge in [-0.2, -0.15) is 5.10 Å². The largest absolute Gasteiger partial charge is 0.454 e. The highest BCUT2D eigenvalue weighted by molar-refractivity contribution is 6.31. The molecule has 5 rings (SSSR count). The number of aromatic nitrogens is 3. The molecule has 4 aromatic rings. The molecule has 0 atom stereocenters. The standard InChI is InChI=1S/C29H28ClN3O5/c1-17-11-23(19(3)32(17)13-21-9-10-26-27(12-21)38-16-37-26)25(34)15-36-29(35)28-18(2)31-33(20(28)4)14-22-7-5-6-8-24(22)30/h5-12H,13-16H2,1-4H3. The van der Waals surface area contributed by atoms with E-state index in [0.717, 1.165) is 28.3 Å². The monoisotopic (exact) mass is 533 g/mol. The summed E-state index contributed by atoms with van der Waals surface area (Å²) in [6.45, 7) is 8.25. The van der Waals surface area contributed by atoms with Crippen LogP contribution in [0.1, 0.15) is 54.6 Å². The number of ketones is 1. The molecule has 2 aromatic carbocycles. The van der Waals surface area contributed by atoms with E-state index < -0.39 is 5.97 Å². The first-order valence-corrected chi connectivity index (χ1v) is 12.6. The fourth-order valence-electron chi connectivity index (χ4n) is 4.76. The minimum atomic E-state index is -0.576. The van der Waals surface area contributed by atoms with Gasteiger partial charge in [0.1, 0.15) is 5.56 Å². The number of esters is 1. The van der Waals surface area contributed by atoms with E-state index in [-0.39, 0.29) is 19.2 Å². The molecule has 9 heteroatoms. The average molecular weight is 534 g/mol. The predicted molar refractivity (Wildman–Crippen MR) is 142 cm³/mol. The molecule has 0 unspecified atom stereocenters. The van der Waals surface area contributed by atoms with Crippen LogP contribution >= 0.6 is 11.6 Å². The van der Waals surface area contributed by atoms with E-state index in [2.05, 4.69) is 9.67 Å². The van der Waals surface area contributed by atoms with Gasteiger partial charge in [0.25, 0.3) is 0 Å². The van der Waals surface area contributed by atoms with Crippen molar-refractivity contribution in [2.24, 2.45) is 0 Å². The zero-order valence-electron chi connectivity index (χ0n) is 21.7. The van der Waals surface area contributed by atoms with Gasteiger partial charge < -0.3 is 18.8 Å². The van der Waals surface area contributed by atoms with E-state index >= 15 is 0 Å². The molecule has 0 spiro atoms. The maximum atomic E-state index is 13.1. The summed E-state index contributed by atoms with van der Waals surface area (Å²) in [5.41, 5.74) is 5.74. The minimum Gasteiger partial charge on any atom is -0.454 e. The van der Waals surface area contributed by atoms with Gasteiger partial charge in [-0.15, -0.1) is 0 Å². The van der Waals surface area contributed by atoms with E-state index in [1.54, 1.807) is 18.5 Å². The molecule has 38 heavy (non-hydrogen) atoms. The summed E-state index contributed by atoms with van der Waals surface area (Å²) in [7, 11) is 0. The number of fused-ring (bicyclic) bond motifs is 1. The number of hydrogen-bond donors (Lipinski definition) is 0. The van der Waals surface area contributed by atoms with Crippen molar-refractivity contribution in [1.29, 1.82) is 0 Å². The number of carbonyl (C=O) groups excluding carboxylic acids is 2. The molecule has 0 N–H and O–H groups in total. The van der Waals surface area contributed by atoms with E-state index in [9.17, 15) is 9.59 Å². The Hall–Kier alpha value is -4.04. The fraction of sp³-hybridized carbons (Fsp3) is 0.276. The number of carbonyl (C=O) groups is 2. The molecule has 0 saturated carbocycles. The molecular weight excluding hydrogens is 506 g/mol. The zero-order valence-corrected chi connectivity index (χ0v) is 22.5. The topological polar surface area (TPSA) is 84.6 Å². The Morgan fingerprint density at radius 2 is 1.74 bits per heavy atom. The lowest BCUT2D eigenvalue weighted by molar-refractivity contribution is 0.0473. The maximum absolute atomic E-state index is 13.1. The van der Waals surface area contributed by atoms with Crippen molar-refractivity contribution in [2.45, 2.75) is 40.8 Å². The SMILES string of the molecule is Cc1nn(Cc2ccccc2Cl)c(C)c1C(=O)OCC(=O)c1cc(C)n(Cc2ccc3c(c2)OCO3)c1C. The van der Waals surface area contributed by atoms with Gasteiger partial charge in [-0.25, -0.2) is 4.79 Å². The number of nitrogens with zero attached hydrogens (tertiary/aromatic N) is 3. The predicted octanol–water partition coefficient (Wildman–Crippen LogP) is 5.44. The van der Waals surface area contributed by atoms with Gasteiger partial charge in [-0.05, 0) is 63.1 Å². The van der Waals surface area contributed by atoms with Gasteiger partial charge in [0, 0.05) is 28.5 Å². The van der Waals surface area contributed by atoms with Gasteiger partial charge in [-0.3, -0.25) is 9.48 Å². The van der Waals surface area contributed by atoms with Crippen molar-refractivity contribution in [3.05, 3.63) is 98.6 Å². The van der Waals surface area contributed by atoms with Crippen molar-refractivity contribution in [3.63, 3.8) is 0 Å². The highest BCUT2D eigenvalue weighted by atomic mass is 35.5. The van der Waals surface area contributed by atoms with Crippen molar-refractivity contribution in [1.82, 2.24) is 14.3 Å². The molecule has 3 heterocycles. The summed E-state index contributed by atoms with van der Waals surface area (Å²) in [4.78, 5) is 26.0. The molecule has 0 saturated heterocycles. The van der Waals surface area contributed by atoms with Crippen LogP contribution in [0.5, 0.6) is 11.5 Å². The third-order valence-electron chi connectivity index (χ3n) is 6.85. The summed E-state index contributed by atoms with van der Waals surface area (Å²) in [6.07, 6.45) is 0. The van der Waals surface area contributed by atoms with Gasteiger partial charge in [0.2, 0.25) is 12.6 Å². The molecule has 2 aromatic heterocycles. The Morgan fingerprint density at radius 3 is 2.53 bits per heavy atom. The molecule has 0 bridgehead atoms. The summed E-state index contributed by atoms with van der Waals surface area (Å²) >= 11 is 6.29. The van der Waals surface area contributed by atoms with E-state index in [0.29, 0.717) is 46.4 Å². The quantitative estimate of drug-likeness (QED) is 0.221. The van der Waals surface area contributed by atoms with Crippen LogP contribution in [-0.4, -0.2) is 39.5 Å². The van der Waals surface area contributed by atoms with Crippen LogP contribution in [0, 0.1) is 27.7 Å². The van der Waals surface area contributed by atoms with Crippen molar-refractivity contribution >= 4 is 23.4 Å².